The van der Waals surface area contributed by atoms with Crippen molar-refractivity contribution in [3.63, 3.8) is 0 Å². The summed E-state index contributed by atoms with van der Waals surface area (Å²) in [6, 6.07) is 0. The largest absolute Gasteiger partial charge is 0.379 e. The van der Waals surface area contributed by atoms with Crippen LogP contribution in [0.2, 0.25) is 0 Å². The average molecular weight is 135 g/mol. The molecule has 1 atom stereocenters. The van der Waals surface area contributed by atoms with Crippen molar-refractivity contribution in [2.24, 2.45) is 0 Å². The minimum Gasteiger partial charge on any atom is -0.379 e. The Kier molecular flexibility index (Phi) is 4.61. The van der Waals surface area contributed by atoms with Crippen molar-refractivity contribution in [3.8, 4) is 0 Å². The van der Waals surface area contributed by atoms with Crippen LogP contribution in [-0.2, 0) is 0 Å². The van der Waals surface area contributed by atoms with Gasteiger partial charge in [0.05, 0.1) is 0 Å². The van der Waals surface area contributed by atoms with Crippen LogP contribution in [0, 0.1) is 0 Å². The number of aliphatic hydroxyl groups excluding tert-OH is 2. The van der Waals surface area contributed by atoms with Crippen molar-refractivity contribution in [1.82, 2.24) is 5.06 Å². The summed E-state index contributed by atoms with van der Waals surface area (Å²) in [5, 5.41) is 26.2. The maximum Gasteiger partial charge on any atom is 0.132 e. The molecule has 0 aromatic rings. The number of hydroxylamine groups is 2. The highest BCUT2D eigenvalue weighted by Crippen LogP contribution is 1.98. The first kappa shape index (κ1) is 8.84. The molecule has 9 heavy (non-hydrogen) atoms. The molecular weight excluding hydrogens is 122 g/mol. The fourth-order valence-electron chi connectivity index (χ4n) is 0.501. The van der Waals surface area contributed by atoms with Gasteiger partial charge in [0, 0.05) is 0 Å². The van der Waals surface area contributed by atoms with Gasteiger partial charge in [-0.3, -0.25) is 0 Å². The van der Waals surface area contributed by atoms with Gasteiger partial charge >= 0.3 is 0 Å². The summed E-state index contributed by atoms with van der Waals surface area (Å²) in [6.45, 7) is 1.36. The second kappa shape index (κ2) is 4.69. The Labute approximate surface area is 54.3 Å². The number of nitrogens with zero attached hydrogens (tertiary/aromatic N) is 1. The second-order valence-electron chi connectivity index (χ2n) is 1.85. The van der Waals surface area contributed by atoms with E-state index in [1.807, 2.05) is 6.92 Å². The molecule has 0 bridgehead atoms. The first-order chi connectivity index (χ1) is 4.22. The van der Waals surface area contributed by atoms with Gasteiger partial charge < -0.3 is 15.4 Å². The Balaban J connectivity index is 3.32. The molecule has 0 aliphatic rings. The lowest BCUT2D eigenvalue weighted by atomic mass is 10.3. The minimum atomic E-state index is -0.931. The van der Waals surface area contributed by atoms with Gasteiger partial charge in [-0.15, -0.1) is 5.06 Å². The van der Waals surface area contributed by atoms with Crippen molar-refractivity contribution in [2.75, 3.05) is 6.73 Å². The van der Waals surface area contributed by atoms with Gasteiger partial charge in [0.2, 0.25) is 0 Å². The van der Waals surface area contributed by atoms with E-state index in [1.54, 1.807) is 0 Å². The zero-order chi connectivity index (χ0) is 7.28. The van der Waals surface area contributed by atoms with Gasteiger partial charge in [-0.25, -0.2) is 0 Å². The molecule has 0 heterocycles. The van der Waals surface area contributed by atoms with Crippen molar-refractivity contribution in [1.29, 1.82) is 0 Å². The molecule has 1 unspecified atom stereocenters. The van der Waals surface area contributed by atoms with Crippen LogP contribution in [0.4, 0.5) is 0 Å². The van der Waals surface area contributed by atoms with Crippen LogP contribution in [0.15, 0.2) is 0 Å². The second-order valence-corrected chi connectivity index (χ2v) is 1.85. The Hall–Kier alpha value is -0.160. The molecule has 4 heteroatoms. The van der Waals surface area contributed by atoms with Crippen molar-refractivity contribution in [2.45, 2.75) is 26.0 Å². The molecule has 0 aliphatic heterocycles. The summed E-state index contributed by atoms with van der Waals surface area (Å²) >= 11 is 0. The maximum atomic E-state index is 8.83. The van der Waals surface area contributed by atoms with Crippen LogP contribution < -0.4 is 0 Å². The van der Waals surface area contributed by atoms with Crippen LogP contribution in [0.3, 0.4) is 0 Å². The molecule has 0 saturated carbocycles. The molecular formula is C5H13NO3. The van der Waals surface area contributed by atoms with Crippen molar-refractivity contribution < 1.29 is 15.4 Å². The van der Waals surface area contributed by atoms with Gasteiger partial charge in [0.15, 0.2) is 0 Å². The van der Waals surface area contributed by atoms with Gasteiger partial charge in [0.25, 0.3) is 0 Å². The zero-order valence-corrected chi connectivity index (χ0v) is 5.49. The van der Waals surface area contributed by atoms with E-state index in [-0.39, 0.29) is 0 Å². The zero-order valence-electron chi connectivity index (χ0n) is 5.49. The van der Waals surface area contributed by atoms with Gasteiger partial charge in [-0.2, -0.15) is 0 Å². The molecule has 0 aromatic carbocycles. The normalized spacial score (nSPS) is 14.3. The average Bonchev–Trinajstić information content (AvgIpc) is 1.87. The number of aliphatic hydroxyl groups is 2. The molecule has 0 spiro atoms. The standard InChI is InChI=1S/C5H13NO3/c1-2-3-5(8)6(9)4-7/h5,7-9H,2-4H2,1H3. The van der Waals surface area contributed by atoms with Crippen molar-refractivity contribution >= 4 is 0 Å². The Morgan fingerprint density at radius 1 is 1.56 bits per heavy atom. The van der Waals surface area contributed by atoms with Gasteiger partial charge in [-0.1, -0.05) is 13.3 Å². The third-order valence-corrected chi connectivity index (χ3v) is 1.04. The molecule has 0 aliphatic carbocycles. The van der Waals surface area contributed by atoms with Crippen LogP contribution >= 0.6 is 0 Å². The summed E-state index contributed by atoms with van der Waals surface area (Å²) in [5.41, 5.74) is 0. The van der Waals surface area contributed by atoms with Crippen LogP contribution in [0.5, 0.6) is 0 Å². The number of rotatable bonds is 4. The first-order valence-electron chi connectivity index (χ1n) is 2.96. The van der Waals surface area contributed by atoms with E-state index in [9.17, 15) is 0 Å². The summed E-state index contributed by atoms with van der Waals surface area (Å²) in [6.07, 6.45) is 0.315. The van der Waals surface area contributed by atoms with Crippen LogP contribution in [0.1, 0.15) is 19.8 Å². The molecule has 0 amide bonds. The summed E-state index contributed by atoms with van der Waals surface area (Å²) < 4.78 is 0. The molecule has 4 nitrogen and oxygen atoms in total. The minimum absolute atomic E-state index is 0.469. The highest BCUT2D eigenvalue weighted by Gasteiger charge is 2.08. The lowest BCUT2D eigenvalue weighted by molar-refractivity contribution is -0.231. The molecule has 0 rings (SSSR count). The summed E-state index contributed by atoms with van der Waals surface area (Å²) in [5.74, 6) is 0. The van der Waals surface area contributed by atoms with E-state index in [1.165, 1.54) is 0 Å². The van der Waals surface area contributed by atoms with E-state index in [0.717, 1.165) is 6.42 Å². The molecule has 0 aromatic heterocycles. The smallest absolute Gasteiger partial charge is 0.132 e. The molecule has 3 N–H and O–H groups in total. The van der Waals surface area contributed by atoms with Crippen molar-refractivity contribution in [3.05, 3.63) is 0 Å². The SMILES string of the molecule is CCCC(O)N(O)CO. The van der Waals surface area contributed by atoms with Gasteiger partial charge in [0.1, 0.15) is 13.0 Å². The topological polar surface area (TPSA) is 63.9 Å². The van der Waals surface area contributed by atoms with E-state index in [4.69, 9.17) is 15.4 Å². The van der Waals surface area contributed by atoms with Crippen LogP contribution in [0.25, 0.3) is 0 Å². The summed E-state index contributed by atoms with van der Waals surface area (Å²) in [4.78, 5) is 0. The predicted octanol–water partition coefficient (Wildman–Crippen LogP) is -0.254. The maximum absolute atomic E-state index is 8.83. The summed E-state index contributed by atoms with van der Waals surface area (Å²) in [7, 11) is 0. The highest BCUT2D eigenvalue weighted by molar-refractivity contribution is 4.44. The van der Waals surface area contributed by atoms with E-state index < -0.39 is 13.0 Å². The quantitative estimate of drug-likeness (QED) is 0.367. The third-order valence-electron chi connectivity index (χ3n) is 1.04. The molecule has 0 radical (unpaired) electrons. The Morgan fingerprint density at radius 3 is 2.44 bits per heavy atom. The molecule has 0 saturated heterocycles. The number of hydrogen-bond acceptors (Lipinski definition) is 4. The predicted molar refractivity (Wildman–Crippen MR) is 31.6 cm³/mol. The van der Waals surface area contributed by atoms with Gasteiger partial charge in [-0.05, 0) is 6.42 Å². The van der Waals surface area contributed by atoms with E-state index in [2.05, 4.69) is 0 Å². The third kappa shape index (κ3) is 3.42. The highest BCUT2D eigenvalue weighted by atomic mass is 16.6. The van der Waals surface area contributed by atoms with E-state index in [0.29, 0.717) is 11.5 Å². The van der Waals surface area contributed by atoms with E-state index >= 15 is 0 Å². The number of hydrogen-bond donors (Lipinski definition) is 3. The molecule has 0 fully saturated rings. The Morgan fingerprint density at radius 2 is 2.11 bits per heavy atom. The monoisotopic (exact) mass is 135 g/mol. The Bertz CT molecular complexity index is 69.2. The lowest BCUT2D eigenvalue weighted by Gasteiger charge is -2.17. The fourth-order valence-corrected chi connectivity index (χ4v) is 0.501. The first-order valence-corrected chi connectivity index (χ1v) is 2.96. The molecule has 56 valence electrons. The van der Waals surface area contributed by atoms with Crippen LogP contribution in [-0.4, -0.2) is 33.4 Å². The fraction of sp³-hybridized carbons (Fsp3) is 1.00. The lowest BCUT2D eigenvalue weighted by Crippen LogP contribution is -2.32.